The topological polar surface area (TPSA) is 142 Å². The molecule has 3 saturated carbocycles. The molecular formula is C36H45N5O6. The fourth-order valence-corrected chi connectivity index (χ4v) is 8.07. The number of carboxylic acid groups (broad SMARTS) is 1. The SMILES string of the molecule is COc1ccc(C2CCC(CN(C(=O)C3CCC(C4C(O)CN4C(=O)O)CC3)c3cc(-c4coc(C5CC5)n4)ccn3)CC2)nc1C. The first-order valence-corrected chi connectivity index (χ1v) is 17.2. The predicted molar refractivity (Wildman–Crippen MR) is 174 cm³/mol. The number of hydrogen-bond acceptors (Lipinski definition) is 8. The molecule has 4 heterocycles. The number of aliphatic hydroxyl groups is 1. The highest BCUT2D eigenvalue weighted by Gasteiger charge is 2.47. The number of anilines is 1. The number of aliphatic hydroxyl groups excluding tert-OH is 1. The Morgan fingerprint density at radius 1 is 1.00 bits per heavy atom. The number of carbonyl (C=O) groups excluding carboxylic acids is 1. The molecule has 250 valence electrons. The van der Waals surface area contributed by atoms with Crippen LogP contribution in [0.5, 0.6) is 5.75 Å². The molecule has 1 saturated heterocycles. The molecule has 11 nitrogen and oxygen atoms in total. The summed E-state index contributed by atoms with van der Waals surface area (Å²) < 4.78 is 11.2. The maximum absolute atomic E-state index is 14.4. The highest BCUT2D eigenvalue weighted by atomic mass is 16.5. The Morgan fingerprint density at radius 3 is 2.40 bits per heavy atom. The lowest BCUT2D eigenvalue weighted by Crippen LogP contribution is -2.65. The zero-order valence-corrected chi connectivity index (χ0v) is 27.3. The average molecular weight is 644 g/mol. The lowest BCUT2D eigenvalue weighted by atomic mass is 9.73. The van der Waals surface area contributed by atoms with E-state index in [4.69, 9.17) is 24.1 Å². The van der Waals surface area contributed by atoms with Gasteiger partial charge in [0.2, 0.25) is 5.91 Å². The number of amides is 2. The highest BCUT2D eigenvalue weighted by molar-refractivity contribution is 5.94. The number of carbonyl (C=O) groups is 2. The summed E-state index contributed by atoms with van der Waals surface area (Å²) in [5.41, 5.74) is 3.65. The number of β-amino-alcohol motifs (C(OH)–C–C–N with tert-alkyl or cyclic N) is 1. The monoisotopic (exact) mass is 643 g/mol. The van der Waals surface area contributed by atoms with Gasteiger partial charge >= 0.3 is 6.09 Å². The summed E-state index contributed by atoms with van der Waals surface area (Å²) in [6.07, 6.45) is 10.8. The third-order valence-corrected chi connectivity index (χ3v) is 11.0. The number of pyridine rings is 2. The second-order valence-electron chi connectivity index (χ2n) is 14.0. The zero-order valence-electron chi connectivity index (χ0n) is 27.3. The molecule has 3 aromatic rings. The van der Waals surface area contributed by atoms with Gasteiger partial charge in [-0.15, -0.1) is 0 Å². The van der Waals surface area contributed by atoms with Crippen molar-refractivity contribution in [1.82, 2.24) is 19.9 Å². The molecule has 3 aromatic heterocycles. The summed E-state index contributed by atoms with van der Waals surface area (Å²) in [5, 5.41) is 19.9. The third kappa shape index (κ3) is 6.59. The van der Waals surface area contributed by atoms with Gasteiger partial charge in [-0.05, 0) is 107 Å². The van der Waals surface area contributed by atoms with Crippen molar-refractivity contribution in [3.8, 4) is 17.0 Å². The Balaban J connectivity index is 1.07. The molecule has 4 aliphatic rings. The van der Waals surface area contributed by atoms with E-state index in [1.165, 1.54) is 4.90 Å². The van der Waals surface area contributed by atoms with Crippen LogP contribution in [-0.4, -0.2) is 74.4 Å². The molecular weight excluding hydrogens is 598 g/mol. The Kier molecular flexibility index (Phi) is 8.91. The minimum atomic E-state index is -0.986. The van der Waals surface area contributed by atoms with E-state index in [2.05, 4.69) is 6.07 Å². The van der Waals surface area contributed by atoms with E-state index in [9.17, 15) is 19.8 Å². The quantitative estimate of drug-likeness (QED) is 0.280. The summed E-state index contributed by atoms with van der Waals surface area (Å²) in [5.74, 6) is 3.30. The van der Waals surface area contributed by atoms with Gasteiger partial charge in [-0.1, -0.05) is 0 Å². The van der Waals surface area contributed by atoms with Crippen LogP contribution in [0.15, 0.2) is 41.1 Å². The van der Waals surface area contributed by atoms with Gasteiger partial charge in [0.25, 0.3) is 0 Å². The molecule has 2 N–H and O–H groups in total. The normalized spacial score (nSPS) is 27.6. The molecule has 2 atom stereocenters. The lowest BCUT2D eigenvalue weighted by molar-refractivity contribution is -0.125. The molecule has 0 bridgehead atoms. The second kappa shape index (κ2) is 13.3. The molecule has 2 amide bonds. The number of likely N-dealkylation sites (tertiary alicyclic amines) is 1. The number of aryl methyl sites for hydroxylation is 1. The van der Waals surface area contributed by atoms with Crippen LogP contribution in [-0.2, 0) is 4.79 Å². The van der Waals surface area contributed by atoms with E-state index in [1.807, 2.05) is 30.0 Å². The summed E-state index contributed by atoms with van der Waals surface area (Å²) in [6.45, 7) is 2.74. The van der Waals surface area contributed by atoms with Crippen LogP contribution in [0.3, 0.4) is 0 Å². The molecule has 11 heteroatoms. The maximum Gasteiger partial charge on any atom is 0.407 e. The maximum atomic E-state index is 14.4. The first-order valence-electron chi connectivity index (χ1n) is 17.2. The molecule has 2 unspecified atom stereocenters. The average Bonchev–Trinajstić information content (AvgIpc) is 3.82. The van der Waals surface area contributed by atoms with Crippen LogP contribution >= 0.6 is 0 Å². The van der Waals surface area contributed by atoms with Crippen LogP contribution in [0.1, 0.15) is 93.3 Å². The van der Waals surface area contributed by atoms with Crippen molar-refractivity contribution in [2.45, 2.75) is 95.1 Å². The van der Waals surface area contributed by atoms with Gasteiger partial charge in [-0.25, -0.2) is 14.8 Å². The summed E-state index contributed by atoms with van der Waals surface area (Å²) in [6, 6.07) is 7.59. The van der Waals surface area contributed by atoms with Gasteiger partial charge in [0.1, 0.15) is 23.5 Å². The van der Waals surface area contributed by atoms with Crippen molar-refractivity contribution in [3.05, 3.63) is 54.0 Å². The van der Waals surface area contributed by atoms with E-state index in [0.29, 0.717) is 55.8 Å². The number of rotatable bonds is 9. The third-order valence-electron chi connectivity index (χ3n) is 11.0. The van der Waals surface area contributed by atoms with Crippen molar-refractivity contribution in [2.24, 2.45) is 17.8 Å². The van der Waals surface area contributed by atoms with Crippen molar-refractivity contribution in [1.29, 1.82) is 0 Å². The number of oxazole rings is 1. The summed E-state index contributed by atoms with van der Waals surface area (Å²) in [7, 11) is 1.67. The number of aromatic nitrogens is 3. The highest BCUT2D eigenvalue weighted by Crippen LogP contribution is 2.42. The fourth-order valence-electron chi connectivity index (χ4n) is 8.07. The molecule has 4 fully saturated rings. The van der Waals surface area contributed by atoms with Gasteiger partial charge < -0.3 is 19.4 Å². The van der Waals surface area contributed by atoms with Crippen molar-refractivity contribution in [3.63, 3.8) is 0 Å². The largest absolute Gasteiger partial charge is 0.495 e. The Labute approximate surface area is 275 Å². The van der Waals surface area contributed by atoms with E-state index in [0.717, 1.165) is 72.8 Å². The van der Waals surface area contributed by atoms with Crippen LogP contribution < -0.4 is 9.64 Å². The van der Waals surface area contributed by atoms with Crippen LogP contribution in [0.25, 0.3) is 11.3 Å². The van der Waals surface area contributed by atoms with E-state index >= 15 is 0 Å². The van der Waals surface area contributed by atoms with Crippen LogP contribution in [0, 0.1) is 24.7 Å². The number of methoxy groups -OCH3 is 1. The molecule has 3 aliphatic carbocycles. The second-order valence-corrected chi connectivity index (χ2v) is 14.0. The molecule has 0 spiro atoms. The predicted octanol–water partition coefficient (Wildman–Crippen LogP) is 6.16. The zero-order chi connectivity index (χ0) is 32.7. The van der Waals surface area contributed by atoms with E-state index in [-0.39, 0.29) is 30.3 Å². The Bertz CT molecular complexity index is 1590. The Morgan fingerprint density at radius 2 is 1.74 bits per heavy atom. The summed E-state index contributed by atoms with van der Waals surface area (Å²) >= 11 is 0. The standard InChI is InChI=1S/C36H45N5O6/c1-21-31(46-2)14-13-28(38-21)23-5-3-22(4-6-23)18-40(32-17-27(15-16-37-32)29-20-47-34(39-29)25-9-10-25)35(43)26-11-7-24(8-12-26)33-30(42)19-41(33)36(44)45/h13-17,20,22-26,30,33,42H,3-12,18-19H2,1-2H3,(H,44,45). The smallest absolute Gasteiger partial charge is 0.407 e. The van der Waals surface area contributed by atoms with Gasteiger partial charge in [0.15, 0.2) is 5.89 Å². The van der Waals surface area contributed by atoms with Crippen LogP contribution in [0.2, 0.25) is 0 Å². The van der Waals surface area contributed by atoms with Gasteiger partial charge in [0.05, 0.1) is 31.5 Å². The van der Waals surface area contributed by atoms with Gasteiger partial charge in [-0.2, -0.15) is 0 Å². The van der Waals surface area contributed by atoms with Crippen LogP contribution in [0.4, 0.5) is 10.6 Å². The molecule has 47 heavy (non-hydrogen) atoms. The number of ether oxygens (including phenoxy) is 1. The van der Waals surface area contributed by atoms with E-state index < -0.39 is 12.2 Å². The van der Waals surface area contributed by atoms with Crippen molar-refractivity contribution in [2.75, 3.05) is 25.1 Å². The number of nitrogens with zero attached hydrogens (tertiary/aromatic N) is 5. The summed E-state index contributed by atoms with van der Waals surface area (Å²) in [4.78, 5) is 43.5. The molecule has 0 radical (unpaired) electrons. The molecule has 0 aromatic carbocycles. The fraction of sp³-hybridized carbons (Fsp3) is 0.583. The number of hydrogen-bond donors (Lipinski definition) is 2. The lowest BCUT2D eigenvalue weighted by Gasteiger charge is -2.49. The van der Waals surface area contributed by atoms with Crippen molar-refractivity contribution >= 4 is 17.8 Å². The molecule has 7 rings (SSSR count). The first kappa shape index (κ1) is 31.6. The van der Waals surface area contributed by atoms with Gasteiger partial charge in [-0.3, -0.25) is 19.6 Å². The van der Waals surface area contributed by atoms with Gasteiger partial charge in [0, 0.05) is 41.8 Å². The van der Waals surface area contributed by atoms with Crippen molar-refractivity contribution < 1.29 is 29.0 Å². The van der Waals surface area contributed by atoms with E-state index in [1.54, 1.807) is 19.6 Å². The first-order chi connectivity index (χ1) is 22.8. The minimum absolute atomic E-state index is 0.0621. The minimum Gasteiger partial charge on any atom is -0.495 e. The molecule has 1 aliphatic heterocycles. The Hall–Kier alpha value is -3.99.